The zero-order valence-electron chi connectivity index (χ0n) is 17.2. The number of imide groups is 1. The van der Waals surface area contributed by atoms with E-state index in [-0.39, 0.29) is 16.4 Å². The molecular weight excluding hydrogens is 436 g/mol. The standard InChI is InChI=1S/C22H20N2O7S/c1-13-3-6-15(7-4-13)23-19(25)11-24-21(28)18(32-22(24)29)10-14-5-8-16(17(9-14)30-2)31-12-20(26)27/h3-10H,11-12H2,1-2H3,(H,23,25)(H,26,27)/p-1/b18-10+. The average molecular weight is 455 g/mol. The first-order chi connectivity index (χ1) is 15.3. The Kier molecular flexibility index (Phi) is 7.16. The van der Waals surface area contributed by atoms with E-state index in [0.717, 1.165) is 22.2 Å². The number of amides is 3. The van der Waals surface area contributed by atoms with Crippen LogP contribution >= 0.6 is 11.8 Å². The maximum Gasteiger partial charge on any atom is 0.294 e. The molecule has 0 aromatic heterocycles. The van der Waals surface area contributed by atoms with Gasteiger partial charge in [-0.1, -0.05) is 23.8 Å². The Labute approximate surface area is 188 Å². The minimum Gasteiger partial charge on any atom is -0.546 e. The van der Waals surface area contributed by atoms with Gasteiger partial charge in [-0.3, -0.25) is 19.3 Å². The zero-order valence-corrected chi connectivity index (χ0v) is 18.1. The Balaban J connectivity index is 1.70. The largest absolute Gasteiger partial charge is 0.546 e. The van der Waals surface area contributed by atoms with Gasteiger partial charge in [0.15, 0.2) is 11.5 Å². The minimum atomic E-state index is -1.38. The van der Waals surface area contributed by atoms with Crippen molar-refractivity contribution in [2.75, 3.05) is 25.6 Å². The lowest BCUT2D eigenvalue weighted by molar-refractivity contribution is -0.307. The van der Waals surface area contributed by atoms with Crippen LogP contribution in [0.1, 0.15) is 11.1 Å². The van der Waals surface area contributed by atoms with E-state index >= 15 is 0 Å². The van der Waals surface area contributed by atoms with Gasteiger partial charge in [0, 0.05) is 5.69 Å². The molecule has 9 nitrogen and oxygen atoms in total. The molecule has 0 spiro atoms. The molecule has 3 amide bonds. The Morgan fingerprint density at radius 3 is 2.50 bits per heavy atom. The first-order valence-corrected chi connectivity index (χ1v) is 10.2. The number of aliphatic carboxylic acids is 1. The van der Waals surface area contributed by atoms with Crippen LogP contribution in [0.5, 0.6) is 11.5 Å². The lowest BCUT2D eigenvalue weighted by Crippen LogP contribution is -2.36. The molecule has 0 atom stereocenters. The quantitative estimate of drug-likeness (QED) is 0.598. The number of hydrogen-bond acceptors (Lipinski definition) is 8. The number of carbonyl (C=O) groups excluding carboxylic acids is 4. The molecule has 0 unspecified atom stereocenters. The normalized spacial score (nSPS) is 14.6. The van der Waals surface area contributed by atoms with E-state index in [1.807, 2.05) is 19.1 Å². The van der Waals surface area contributed by atoms with Gasteiger partial charge in [-0.25, -0.2) is 0 Å². The predicted octanol–water partition coefficient (Wildman–Crippen LogP) is 1.81. The number of methoxy groups -OCH3 is 1. The van der Waals surface area contributed by atoms with Crippen LogP contribution in [-0.2, 0) is 14.4 Å². The van der Waals surface area contributed by atoms with Crippen LogP contribution in [0, 0.1) is 6.92 Å². The van der Waals surface area contributed by atoms with Gasteiger partial charge < -0.3 is 24.7 Å². The summed E-state index contributed by atoms with van der Waals surface area (Å²) < 4.78 is 10.3. The number of aryl methyl sites for hydroxylation is 1. The molecule has 1 aliphatic rings. The van der Waals surface area contributed by atoms with Crippen LogP contribution < -0.4 is 19.9 Å². The Morgan fingerprint density at radius 2 is 1.84 bits per heavy atom. The molecule has 2 aromatic rings. The van der Waals surface area contributed by atoms with Gasteiger partial charge in [-0.2, -0.15) is 0 Å². The van der Waals surface area contributed by atoms with Crippen molar-refractivity contribution in [3.05, 3.63) is 58.5 Å². The van der Waals surface area contributed by atoms with Crippen molar-refractivity contribution in [3.8, 4) is 11.5 Å². The molecule has 1 fully saturated rings. The third-order valence-electron chi connectivity index (χ3n) is 4.34. The summed E-state index contributed by atoms with van der Waals surface area (Å²) in [6.07, 6.45) is 1.48. The van der Waals surface area contributed by atoms with Crippen molar-refractivity contribution >= 4 is 46.5 Å². The van der Waals surface area contributed by atoms with Crippen molar-refractivity contribution < 1.29 is 33.8 Å². The first-order valence-electron chi connectivity index (χ1n) is 9.39. The molecule has 166 valence electrons. The maximum atomic E-state index is 12.7. The summed E-state index contributed by atoms with van der Waals surface area (Å²) in [7, 11) is 1.38. The van der Waals surface area contributed by atoms with Crippen molar-refractivity contribution in [2.45, 2.75) is 6.92 Å². The molecular formula is C22H19N2O7S-. The highest BCUT2D eigenvalue weighted by atomic mass is 32.2. The lowest BCUT2D eigenvalue weighted by Gasteiger charge is -2.13. The summed E-state index contributed by atoms with van der Waals surface area (Å²) >= 11 is 0.719. The molecule has 1 heterocycles. The fourth-order valence-corrected chi connectivity index (χ4v) is 3.64. The fourth-order valence-electron chi connectivity index (χ4n) is 2.80. The molecule has 0 bridgehead atoms. The van der Waals surface area contributed by atoms with Gasteiger partial charge in [0.05, 0.1) is 18.0 Å². The van der Waals surface area contributed by atoms with Gasteiger partial charge in [0.25, 0.3) is 11.1 Å². The molecule has 1 aliphatic heterocycles. The number of rotatable bonds is 8. The van der Waals surface area contributed by atoms with E-state index in [1.165, 1.54) is 25.3 Å². The molecule has 1 N–H and O–H groups in total. The second kappa shape index (κ2) is 10.0. The molecule has 32 heavy (non-hydrogen) atoms. The second-order valence-corrected chi connectivity index (χ2v) is 7.75. The Bertz CT molecular complexity index is 1100. The number of benzene rings is 2. The lowest BCUT2D eigenvalue weighted by atomic mass is 10.2. The molecule has 3 rings (SSSR count). The number of nitrogens with one attached hydrogen (secondary N) is 1. The molecule has 0 radical (unpaired) electrons. The number of carboxylic acid groups (broad SMARTS) is 1. The summed E-state index contributed by atoms with van der Waals surface area (Å²) in [6.45, 7) is 0.871. The van der Waals surface area contributed by atoms with Gasteiger partial charge >= 0.3 is 0 Å². The number of ether oxygens (including phenoxy) is 2. The smallest absolute Gasteiger partial charge is 0.294 e. The van der Waals surface area contributed by atoms with E-state index in [9.17, 15) is 24.3 Å². The SMILES string of the molecule is COc1cc(/C=C2/SC(=O)N(CC(=O)Nc3ccc(C)cc3)C2=O)ccc1OCC(=O)[O-]. The predicted molar refractivity (Wildman–Crippen MR) is 116 cm³/mol. The number of carboxylic acids is 1. The van der Waals surface area contributed by atoms with E-state index in [0.29, 0.717) is 11.3 Å². The highest BCUT2D eigenvalue weighted by Crippen LogP contribution is 2.34. The monoisotopic (exact) mass is 455 g/mol. The summed E-state index contributed by atoms with van der Waals surface area (Å²) in [5, 5.41) is 12.7. The summed E-state index contributed by atoms with van der Waals surface area (Å²) in [5.41, 5.74) is 2.13. The second-order valence-electron chi connectivity index (χ2n) is 6.75. The summed E-state index contributed by atoms with van der Waals surface area (Å²) in [5.74, 6) is -2.02. The van der Waals surface area contributed by atoms with E-state index in [1.54, 1.807) is 18.2 Å². The molecule has 2 aromatic carbocycles. The maximum absolute atomic E-state index is 12.7. The van der Waals surface area contributed by atoms with Crippen LogP contribution in [0.2, 0.25) is 0 Å². The molecule has 10 heteroatoms. The highest BCUT2D eigenvalue weighted by Gasteiger charge is 2.36. The van der Waals surface area contributed by atoms with Crippen LogP contribution in [0.3, 0.4) is 0 Å². The molecule has 1 saturated heterocycles. The number of nitrogens with zero attached hydrogens (tertiary/aromatic N) is 1. The summed E-state index contributed by atoms with van der Waals surface area (Å²) in [4.78, 5) is 48.8. The van der Waals surface area contributed by atoms with Gasteiger partial charge in [0.2, 0.25) is 5.91 Å². The Morgan fingerprint density at radius 1 is 1.12 bits per heavy atom. The highest BCUT2D eigenvalue weighted by molar-refractivity contribution is 8.18. The number of carbonyl (C=O) groups is 4. The van der Waals surface area contributed by atoms with Crippen molar-refractivity contribution in [2.24, 2.45) is 0 Å². The van der Waals surface area contributed by atoms with Crippen molar-refractivity contribution in [3.63, 3.8) is 0 Å². The molecule has 0 saturated carbocycles. The third kappa shape index (κ3) is 5.67. The fraction of sp³-hybridized carbons (Fsp3) is 0.182. The van der Waals surface area contributed by atoms with Crippen LogP contribution in [0.4, 0.5) is 10.5 Å². The van der Waals surface area contributed by atoms with Crippen molar-refractivity contribution in [1.29, 1.82) is 0 Å². The minimum absolute atomic E-state index is 0.142. The number of anilines is 1. The number of thioether (sulfide) groups is 1. The number of hydrogen-bond donors (Lipinski definition) is 1. The van der Waals surface area contributed by atoms with Crippen LogP contribution in [-0.4, -0.2) is 48.2 Å². The topological polar surface area (TPSA) is 125 Å². The summed E-state index contributed by atoms with van der Waals surface area (Å²) in [6, 6.07) is 11.7. The average Bonchev–Trinajstić information content (AvgIpc) is 3.01. The van der Waals surface area contributed by atoms with Crippen LogP contribution in [0.15, 0.2) is 47.4 Å². The van der Waals surface area contributed by atoms with Gasteiger partial charge in [0.1, 0.15) is 13.2 Å². The van der Waals surface area contributed by atoms with Crippen molar-refractivity contribution in [1.82, 2.24) is 4.90 Å². The van der Waals surface area contributed by atoms with E-state index in [4.69, 9.17) is 9.47 Å². The van der Waals surface area contributed by atoms with Gasteiger partial charge in [-0.05, 0) is 54.6 Å². The third-order valence-corrected chi connectivity index (χ3v) is 5.25. The zero-order chi connectivity index (χ0) is 23.3. The van der Waals surface area contributed by atoms with E-state index in [2.05, 4.69) is 5.32 Å². The molecule has 0 aliphatic carbocycles. The first kappa shape index (κ1) is 22.9. The van der Waals surface area contributed by atoms with E-state index < -0.39 is 36.2 Å². The van der Waals surface area contributed by atoms with Gasteiger partial charge in [-0.15, -0.1) is 0 Å². The Hall–Kier alpha value is -3.79. The van der Waals surface area contributed by atoms with Crippen LogP contribution in [0.25, 0.3) is 6.08 Å².